The fourth-order valence-electron chi connectivity index (χ4n) is 2.51. The van der Waals surface area contributed by atoms with E-state index in [2.05, 4.69) is 34.3 Å². The molecule has 1 aliphatic heterocycles. The lowest BCUT2D eigenvalue weighted by Gasteiger charge is -2.34. The van der Waals surface area contributed by atoms with Crippen molar-refractivity contribution >= 4 is 0 Å². The van der Waals surface area contributed by atoms with Gasteiger partial charge in [-0.25, -0.2) is 4.98 Å². The van der Waals surface area contributed by atoms with Crippen LogP contribution in [0.2, 0.25) is 0 Å². The van der Waals surface area contributed by atoms with Gasteiger partial charge >= 0.3 is 0 Å². The molecule has 1 aromatic heterocycles. The second kappa shape index (κ2) is 5.60. The molecule has 2 rings (SSSR count). The highest BCUT2D eigenvalue weighted by Crippen LogP contribution is 2.21. The first kappa shape index (κ1) is 12.5. The zero-order valence-electron chi connectivity index (χ0n) is 11.1. The van der Waals surface area contributed by atoms with E-state index in [-0.39, 0.29) is 0 Å². The highest BCUT2D eigenvalue weighted by Gasteiger charge is 2.23. The minimum atomic E-state index is 0.631. The van der Waals surface area contributed by atoms with Gasteiger partial charge in [-0.15, -0.1) is 0 Å². The van der Waals surface area contributed by atoms with E-state index < -0.39 is 0 Å². The van der Waals surface area contributed by atoms with Crippen molar-refractivity contribution in [1.82, 2.24) is 25.0 Å². The lowest BCUT2D eigenvalue weighted by atomic mass is 9.90. The first-order valence-electron chi connectivity index (χ1n) is 6.43. The number of rotatable bonds is 4. The van der Waals surface area contributed by atoms with E-state index in [1.165, 1.54) is 25.9 Å². The summed E-state index contributed by atoms with van der Waals surface area (Å²) in [5.74, 6) is 1.88. The number of piperidine rings is 1. The Kier molecular flexibility index (Phi) is 4.12. The van der Waals surface area contributed by atoms with Gasteiger partial charge in [0, 0.05) is 13.1 Å². The van der Waals surface area contributed by atoms with Crippen LogP contribution >= 0.6 is 0 Å². The molecular formula is C12H23N5. The first-order valence-corrected chi connectivity index (χ1v) is 6.43. The van der Waals surface area contributed by atoms with Gasteiger partial charge in [-0.2, -0.15) is 5.10 Å². The van der Waals surface area contributed by atoms with Crippen molar-refractivity contribution in [3.05, 3.63) is 12.2 Å². The van der Waals surface area contributed by atoms with Gasteiger partial charge in [0.15, 0.2) is 0 Å². The van der Waals surface area contributed by atoms with Gasteiger partial charge in [-0.3, -0.25) is 9.58 Å². The molecule has 1 saturated heterocycles. The number of nitrogens with zero attached hydrogens (tertiary/aromatic N) is 4. The van der Waals surface area contributed by atoms with Crippen LogP contribution in [-0.4, -0.2) is 45.8 Å². The van der Waals surface area contributed by atoms with E-state index in [1.54, 1.807) is 6.33 Å². The third-order valence-electron chi connectivity index (χ3n) is 3.96. The van der Waals surface area contributed by atoms with Crippen LogP contribution in [0.1, 0.15) is 25.6 Å². The molecule has 1 aromatic rings. The van der Waals surface area contributed by atoms with Crippen LogP contribution in [0, 0.1) is 5.92 Å². The van der Waals surface area contributed by atoms with Crippen LogP contribution in [-0.2, 0) is 13.6 Å². The third-order valence-corrected chi connectivity index (χ3v) is 3.96. The van der Waals surface area contributed by atoms with Crippen molar-refractivity contribution in [1.29, 1.82) is 0 Å². The van der Waals surface area contributed by atoms with Crippen LogP contribution < -0.4 is 5.32 Å². The van der Waals surface area contributed by atoms with Crippen LogP contribution in [0.5, 0.6) is 0 Å². The Morgan fingerprint density at radius 2 is 2.18 bits per heavy atom. The summed E-state index contributed by atoms with van der Waals surface area (Å²) >= 11 is 0. The minimum Gasteiger partial charge on any atom is -0.317 e. The summed E-state index contributed by atoms with van der Waals surface area (Å²) in [7, 11) is 4.01. The summed E-state index contributed by atoms with van der Waals surface area (Å²) in [6.07, 6.45) is 4.19. The van der Waals surface area contributed by atoms with Gasteiger partial charge in [0.1, 0.15) is 12.2 Å². The lowest BCUT2D eigenvalue weighted by Crippen LogP contribution is -2.40. The Morgan fingerprint density at radius 3 is 2.71 bits per heavy atom. The summed E-state index contributed by atoms with van der Waals surface area (Å²) in [6, 6.07) is 0.631. The lowest BCUT2D eigenvalue weighted by molar-refractivity contribution is 0.154. The Morgan fingerprint density at radius 1 is 1.47 bits per heavy atom. The van der Waals surface area contributed by atoms with Gasteiger partial charge in [0.2, 0.25) is 0 Å². The molecule has 5 heteroatoms. The third kappa shape index (κ3) is 3.04. The molecule has 1 unspecified atom stereocenters. The van der Waals surface area contributed by atoms with Gasteiger partial charge in [0.25, 0.3) is 0 Å². The molecule has 0 aliphatic carbocycles. The molecular weight excluding hydrogens is 214 g/mol. The molecule has 96 valence electrons. The van der Waals surface area contributed by atoms with Gasteiger partial charge in [0.05, 0.1) is 6.54 Å². The molecule has 1 fully saturated rings. The quantitative estimate of drug-likeness (QED) is 0.834. The highest BCUT2D eigenvalue weighted by atomic mass is 15.3. The van der Waals surface area contributed by atoms with Crippen molar-refractivity contribution in [2.24, 2.45) is 13.0 Å². The molecule has 1 atom stereocenters. The van der Waals surface area contributed by atoms with Crippen LogP contribution in [0.15, 0.2) is 6.33 Å². The maximum atomic E-state index is 4.28. The summed E-state index contributed by atoms with van der Waals surface area (Å²) < 4.78 is 1.86. The number of aromatic nitrogens is 3. The number of likely N-dealkylation sites (tertiary alicyclic amines) is 1. The Bertz CT molecular complexity index is 340. The topological polar surface area (TPSA) is 46.0 Å². The molecule has 0 aromatic carbocycles. The average molecular weight is 237 g/mol. The SMILES string of the molecule is CNC(C)C1CCN(Cc2ncnn2C)CC1. The van der Waals surface area contributed by atoms with Crippen molar-refractivity contribution in [2.75, 3.05) is 20.1 Å². The number of hydrogen-bond acceptors (Lipinski definition) is 4. The largest absolute Gasteiger partial charge is 0.317 e. The Hall–Kier alpha value is -0.940. The standard InChI is InChI=1S/C12H23N5/c1-10(13-2)11-4-6-17(7-5-11)8-12-14-9-15-16(12)3/h9-11,13H,4-8H2,1-3H3. The molecule has 0 radical (unpaired) electrons. The van der Waals surface area contributed by atoms with E-state index in [1.807, 2.05) is 11.7 Å². The fourth-order valence-corrected chi connectivity index (χ4v) is 2.51. The average Bonchev–Trinajstić information content (AvgIpc) is 2.75. The van der Waals surface area contributed by atoms with Crippen LogP contribution in [0.3, 0.4) is 0 Å². The molecule has 17 heavy (non-hydrogen) atoms. The van der Waals surface area contributed by atoms with Crippen molar-refractivity contribution in [3.8, 4) is 0 Å². The molecule has 0 amide bonds. The minimum absolute atomic E-state index is 0.631. The van der Waals surface area contributed by atoms with Crippen molar-refractivity contribution in [3.63, 3.8) is 0 Å². The number of hydrogen-bond donors (Lipinski definition) is 1. The predicted octanol–water partition coefficient (Wildman–Crippen LogP) is 0.635. The molecule has 0 saturated carbocycles. The van der Waals surface area contributed by atoms with E-state index >= 15 is 0 Å². The monoisotopic (exact) mass is 237 g/mol. The smallest absolute Gasteiger partial charge is 0.140 e. The summed E-state index contributed by atoms with van der Waals surface area (Å²) in [6.45, 7) is 5.55. The second-order valence-electron chi connectivity index (χ2n) is 4.99. The molecule has 2 heterocycles. The first-order chi connectivity index (χ1) is 8.20. The summed E-state index contributed by atoms with van der Waals surface area (Å²) in [5.41, 5.74) is 0. The molecule has 0 spiro atoms. The van der Waals surface area contributed by atoms with Gasteiger partial charge in [-0.05, 0) is 45.8 Å². The highest BCUT2D eigenvalue weighted by molar-refractivity contribution is 4.86. The zero-order chi connectivity index (χ0) is 12.3. The van der Waals surface area contributed by atoms with Gasteiger partial charge in [-0.1, -0.05) is 0 Å². The Balaban J connectivity index is 1.81. The molecule has 1 N–H and O–H groups in total. The normalized spacial score (nSPS) is 20.6. The second-order valence-corrected chi connectivity index (χ2v) is 4.99. The Labute approximate surface area is 103 Å². The summed E-state index contributed by atoms with van der Waals surface area (Å²) in [4.78, 5) is 6.75. The molecule has 5 nitrogen and oxygen atoms in total. The van der Waals surface area contributed by atoms with Crippen molar-refractivity contribution < 1.29 is 0 Å². The summed E-state index contributed by atoms with van der Waals surface area (Å²) in [5, 5.41) is 7.47. The van der Waals surface area contributed by atoms with E-state index in [9.17, 15) is 0 Å². The maximum absolute atomic E-state index is 4.28. The number of nitrogens with one attached hydrogen (secondary N) is 1. The predicted molar refractivity (Wildman–Crippen MR) is 67.5 cm³/mol. The van der Waals surface area contributed by atoms with E-state index in [4.69, 9.17) is 0 Å². The van der Waals surface area contributed by atoms with Crippen LogP contribution in [0.4, 0.5) is 0 Å². The van der Waals surface area contributed by atoms with E-state index in [0.717, 1.165) is 18.3 Å². The number of aryl methyl sites for hydroxylation is 1. The van der Waals surface area contributed by atoms with Crippen LogP contribution in [0.25, 0.3) is 0 Å². The zero-order valence-corrected chi connectivity index (χ0v) is 11.1. The van der Waals surface area contributed by atoms with Crippen molar-refractivity contribution in [2.45, 2.75) is 32.4 Å². The molecule has 1 aliphatic rings. The maximum Gasteiger partial charge on any atom is 0.140 e. The fraction of sp³-hybridized carbons (Fsp3) is 0.833. The van der Waals surface area contributed by atoms with Gasteiger partial charge < -0.3 is 5.32 Å². The molecule has 0 bridgehead atoms. The van der Waals surface area contributed by atoms with E-state index in [0.29, 0.717) is 6.04 Å².